The van der Waals surface area contributed by atoms with Gasteiger partial charge in [0.1, 0.15) is 0 Å². The van der Waals surface area contributed by atoms with E-state index in [0.29, 0.717) is 24.0 Å². The average molecular weight is 467 g/mol. The van der Waals surface area contributed by atoms with Crippen molar-refractivity contribution in [3.8, 4) is 11.5 Å². The van der Waals surface area contributed by atoms with Gasteiger partial charge in [0.05, 0.1) is 0 Å². The summed E-state index contributed by atoms with van der Waals surface area (Å²) in [6.07, 6.45) is 16.6. The molecule has 5 heteroatoms. The van der Waals surface area contributed by atoms with E-state index in [4.69, 9.17) is 9.84 Å². The van der Waals surface area contributed by atoms with Crippen LogP contribution in [0.25, 0.3) is 0 Å². The van der Waals surface area contributed by atoms with Crippen molar-refractivity contribution in [2.75, 3.05) is 0 Å². The van der Waals surface area contributed by atoms with Gasteiger partial charge in [-0.1, -0.05) is 97.8 Å². The van der Waals surface area contributed by atoms with Crippen molar-refractivity contribution in [2.45, 2.75) is 136 Å². The average Bonchev–Trinajstić information content (AvgIpc) is 2.79. The molecule has 0 amide bonds. The van der Waals surface area contributed by atoms with Crippen LogP contribution in [0.15, 0.2) is 0 Å². The number of phenols is 1. The molecule has 1 aromatic carbocycles. The Balaban J connectivity index is 3.22. The van der Waals surface area contributed by atoms with Crippen LogP contribution in [0.2, 0.25) is 0 Å². The topological polar surface area (TPSA) is 66.8 Å². The van der Waals surface area contributed by atoms with Gasteiger partial charge in [-0.15, -0.1) is 0 Å². The molecule has 190 valence electrons. The zero-order valence-corrected chi connectivity index (χ0v) is 21.3. The zero-order chi connectivity index (χ0) is 24.5. The Hall–Kier alpha value is -1.78. The highest BCUT2D eigenvalue weighted by Crippen LogP contribution is 2.41. The van der Waals surface area contributed by atoms with Gasteiger partial charge in [-0.2, -0.15) is 0 Å². The number of aromatic hydroxyl groups is 1. The number of halogens is 1. The smallest absolute Gasteiger partial charge is 0.504 e. The van der Waals surface area contributed by atoms with Crippen molar-refractivity contribution in [2.24, 2.45) is 0 Å². The second kappa shape index (κ2) is 17.7. The van der Waals surface area contributed by atoms with Crippen molar-refractivity contribution in [1.29, 1.82) is 0 Å². The van der Waals surface area contributed by atoms with E-state index in [1.807, 2.05) is 0 Å². The predicted octanol–water partition coefficient (Wildman–Crippen LogP) is 9.13. The van der Waals surface area contributed by atoms with Crippen LogP contribution in [0, 0.1) is 5.82 Å². The summed E-state index contributed by atoms with van der Waals surface area (Å²) in [5.41, 5.74) is 2.15. The van der Waals surface area contributed by atoms with Gasteiger partial charge in [0, 0.05) is 5.56 Å². The number of rotatable bonds is 19. The van der Waals surface area contributed by atoms with Crippen LogP contribution in [0.3, 0.4) is 0 Å². The Morgan fingerprint density at radius 2 is 1.06 bits per heavy atom. The Labute approximate surface area is 200 Å². The van der Waals surface area contributed by atoms with Crippen LogP contribution in [-0.2, 0) is 19.3 Å². The van der Waals surface area contributed by atoms with Gasteiger partial charge >= 0.3 is 6.16 Å². The third kappa shape index (κ3) is 10.8. The maximum atomic E-state index is 15.5. The van der Waals surface area contributed by atoms with Gasteiger partial charge in [0.2, 0.25) is 5.75 Å². The number of hydrogen-bond acceptors (Lipinski definition) is 3. The fraction of sp³-hybridized carbons (Fsp3) is 0.750. The standard InChI is InChI=1S/C28H47FO4/c1-4-7-10-13-16-19-22-23(20-17-14-11-8-5-2)25(29)27(33-28(31)32)26(30)24(22)21-18-15-12-9-6-3/h30H,4-21H2,1-3H3,(H,31,32). The van der Waals surface area contributed by atoms with Crippen LogP contribution >= 0.6 is 0 Å². The van der Waals surface area contributed by atoms with Crippen LogP contribution in [0.5, 0.6) is 11.5 Å². The maximum absolute atomic E-state index is 15.5. The summed E-state index contributed by atoms with van der Waals surface area (Å²) >= 11 is 0. The lowest BCUT2D eigenvalue weighted by Crippen LogP contribution is -2.11. The van der Waals surface area contributed by atoms with Crippen LogP contribution in [-0.4, -0.2) is 16.4 Å². The normalized spacial score (nSPS) is 11.2. The first kappa shape index (κ1) is 29.3. The fourth-order valence-corrected chi connectivity index (χ4v) is 4.56. The van der Waals surface area contributed by atoms with Gasteiger partial charge in [0.15, 0.2) is 11.6 Å². The zero-order valence-electron chi connectivity index (χ0n) is 21.3. The monoisotopic (exact) mass is 466 g/mol. The molecule has 0 fully saturated rings. The summed E-state index contributed by atoms with van der Waals surface area (Å²) in [4.78, 5) is 11.2. The Morgan fingerprint density at radius 3 is 1.48 bits per heavy atom. The third-order valence-electron chi connectivity index (χ3n) is 6.47. The number of hydrogen-bond donors (Lipinski definition) is 2. The molecule has 0 unspecified atom stereocenters. The molecule has 4 nitrogen and oxygen atoms in total. The van der Waals surface area contributed by atoms with Crippen molar-refractivity contribution < 1.29 is 24.1 Å². The van der Waals surface area contributed by atoms with Gasteiger partial charge in [-0.3, -0.25) is 0 Å². The highest BCUT2D eigenvalue weighted by molar-refractivity contribution is 5.65. The number of ether oxygens (including phenoxy) is 1. The molecule has 0 atom stereocenters. The summed E-state index contributed by atoms with van der Waals surface area (Å²) in [5.74, 6) is -1.52. The van der Waals surface area contributed by atoms with Gasteiger partial charge in [-0.25, -0.2) is 9.18 Å². The van der Waals surface area contributed by atoms with Gasteiger partial charge in [-0.05, 0) is 49.7 Å². The molecule has 0 aliphatic heterocycles. The minimum absolute atomic E-state index is 0.316. The SMILES string of the molecule is CCCCCCCc1c(O)c(OC(=O)O)c(F)c(CCCCCCC)c1CCCCCCC. The summed E-state index contributed by atoms with van der Waals surface area (Å²) in [6, 6.07) is 0. The minimum Gasteiger partial charge on any atom is -0.504 e. The van der Waals surface area contributed by atoms with Gasteiger partial charge < -0.3 is 14.9 Å². The van der Waals surface area contributed by atoms with Crippen molar-refractivity contribution in [1.82, 2.24) is 0 Å². The highest BCUT2D eigenvalue weighted by Gasteiger charge is 2.26. The van der Waals surface area contributed by atoms with E-state index in [0.717, 1.165) is 82.6 Å². The molecular formula is C28H47FO4. The molecule has 2 N–H and O–H groups in total. The van der Waals surface area contributed by atoms with Crippen LogP contribution in [0.1, 0.15) is 134 Å². The van der Waals surface area contributed by atoms with Crippen molar-refractivity contribution in [3.05, 3.63) is 22.5 Å². The Bertz CT molecular complexity index is 646. The van der Waals surface area contributed by atoms with E-state index in [-0.39, 0.29) is 5.75 Å². The maximum Gasteiger partial charge on any atom is 0.511 e. The van der Waals surface area contributed by atoms with Gasteiger partial charge in [0.25, 0.3) is 0 Å². The molecule has 1 aromatic rings. The summed E-state index contributed by atoms with van der Waals surface area (Å²) in [6.45, 7) is 6.52. The molecule has 33 heavy (non-hydrogen) atoms. The molecule has 0 aliphatic carbocycles. The number of carboxylic acid groups (broad SMARTS) is 1. The lowest BCUT2D eigenvalue weighted by atomic mass is 9.88. The Kier molecular flexibility index (Phi) is 15.7. The van der Waals surface area contributed by atoms with E-state index in [1.54, 1.807) is 0 Å². The largest absolute Gasteiger partial charge is 0.511 e. The summed E-state index contributed by atoms with van der Waals surface area (Å²) in [7, 11) is 0. The molecule has 0 bridgehead atoms. The summed E-state index contributed by atoms with van der Waals surface area (Å²) in [5, 5.41) is 20.0. The second-order valence-electron chi connectivity index (χ2n) is 9.29. The first-order valence-electron chi connectivity index (χ1n) is 13.4. The van der Waals surface area contributed by atoms with E-state index in [1.165, 1.54) is 25.7 Å². The Morgan fingerprint density at radius 1 is 0.667 bits per heavy atom. The number of benzene rings is 1. The molecule has 1 rings (SSSR count). The van der Waals surface area contributed by atoms with Crippen LogP contribution in [0.4, 0.5) is 9.18 Å². The third-order valence-corrected chi connectivity index (χ3v) is 6.47. The number of phenolic OH excluding ortho intramolecular Hbond substituents is 1. The molecule has 0 heterocycles. The molecule has 0 aromatic heterocycles. The first-order valence-corrected chi connectivity index (χ1v) is 13.4. The lowest BCUT2D eigenvalue weighted by molar-refractivity contribution is 0.140. The molecule has 0 saturated heterocycles. The van der Waals surface area contributed by atoms with E-state index in [2.05, 4.69) is 20.8 Å². The lowest BCUT2D eigenvalue weighted by Gasteiger charge is -2.20. The number of carbonyl (C=O) groups is 1. The quantitative estimate of drug-likeness (QED) is 0.121. The highest BCUT2D eigenvalue weighted by atomic mass is 19.1. The predicted molar refractivity (Wildman–Crippen MR) is 134 cm³/mol. The number of unbranched alkanes of at least 4 members (excludes halogenated alkanes) is 12. The van der Waals surface area contributed by atoms with Crippen molar-refractivity contribution >= 4 is 6.16 Å². The minimum atomic E-state index is -1.60. The van der Waals surface area contributed by atoms with E-state index < -0.39 is 17.7 Å². The second-order valence-corrected chi connectivity index (χ2v) is 9.29. The molecule has 0 spiro atoms. The molecule has 0 aliphatic rings. The van der Waals surface area contributed by atoms with Crippen LogP contribution < -0.4 is 4.74 Å². The fourth-order valence-electron chi connectivity index (χ4n) is 4.56. The molecule has 0 radical (unpaired) electrons. The molecular weight excluding hydrogens is 419 g/mol. The molecule has 0 saturated carbocycles. The first-order chi connectivity index (χ1) is 16.0. The van der Waals surface area contributed by atoms with E-state index in [9.17, 15) is 9.90 Å². The summed E-state index contributed by atoms with van der Waals surface area (Å²) < 4.78 is 20.2. The van der Waals surface area contributed by atoms with Crippen molar-refractivity contribution in [3.63, 3.8) is 0 Å². The van der Waals surface area contributed by atoms with E-state index >= 15 is 4.39 Å².